The standard InChI is InChI=1S/C14H21NO2/c1-11-9-13(7-8-17-11)15-14(10-16)12-5-3-2-4-6-12/h2-6,11,13-16H,7-10H2,1H3/t11?,13?,14-/m1/s1. The first-order valence-electron chi connectivity index (χ1n) is 6.33. The van der Waals surface area contributed by atoms with Crippen LogP contribution in [0.2, 0.25) is 0 Å². The number of ether oxygens (including phenoxy) is 1. The molecule has 1 aliphatic rings. The summed E-state index contributed by atoms with van der Waals surface area (Å²) in [6.45, 7) is 3.05. The second kappa shape index (κ2) is 6.15. The molecule has 1 fully saturated rings. The van der Waals surface area contributed by atoms with E-state index in [0.29, 0.717) is 12.1 Å². The Hall–Kier alpha value is -0.900. The minimum absolute atomic E-state index is 0.0338. The monoisotopic (exact) mass is 235 g/mol. The van der Waals surface area contributed by atoms with Crippen LogP contribution in [-0.4, -0.2) is 30.5 Å². The van der Waals surface area contributed by atoms with E-state index in [1.165, 1.54) is 0 Å². The van der Waals surface area contributed by atoms with Crippen molar-refractivity contribution in [2.24, 2.45) is 0 Å². The molecule has 1 aromatic carbocycles. The van der Waals surface area contributed by atoms with Gasteiger partial charge in [-0.3, -0.25) is 0 Å². The van der Waals surface area contributed by atoms with Crippen LogP contribution in [0, 0.1) is 0 Å². The molecule has 1 aliphatic heterocycles. The molecule has 0 bridgehead atoms. The van der Waals surface area contributed by atoms with Crippen molar-refractivity contribution in [2.45, 2.75) is 38.0 Å². The minimum Gasteiger partial charge on any atom is -0.394 e. The third kappa shape index (κ3) is 3.53. The largest absolute Gasteiger partial charge is 0.394 e. The number of nitrogens with one attached hydrogen (secondary N) is 1. The second-order valence-electron chi connectivity index (χ2n) is 4.72. The van der Waals surface area contributed by atoms with E-state index in [-0.39, 0.29) is 12.6 Å². The van der Waals surface area contributed by atoms with Crippen LogP contribution in [0.15, 0.2) is 30.3 Å². The molecule has 0 radical (unpaired) electrons. The number of benzene rings is 1. The van der Waals surface area contributed by atoms with Crippen LogP contribution >= 0.6 is 0 Å². The molecule has 17 heavy (non-hydrogen) atoms. The van der Waals surface area contributed by atoms with Crippen LogP contribution in [0.5, 0.6) is 0 Å². The normalized spacial score (nSPS) is 26.7. The van der Waals surface area contributed by atoms with Crippen LogP contribution in [0.1, 0.15) is 31.4 Å². The van der Waals surface area contributed by atoms with E-state index in [1.807, 2.05) is 18.2 Å². The molecule has 1 saturated heterocycles. The number of aliphatic hydroxyl groups excluding tert-OH is 1. The molecule has 0 spiro atoms. The molecular formula is C14H21NO2. The summed E-state index contributed by atoms with van der Waals surface area (Å²) in [5, 5.41) is 13.0. The molecule has 2 N–H and O–H groups in total. The molecule has 0 aromatic heterocycles. The summed E-state index contributed by atoms with van der Waals surface area (Å²) in [6, 6.07) is 10.6. The number of aliphatic hydroxyl groups is 1. The van der Waals surface area contributed by atoms with E-state index in [0.717, 1.165) is 25.0 Å². The Morgan fingerprint density at radius 3 is 2.82 bits per heavy atom. The van der Waals surface area contributed by atoms with Crippen LogP contribution < -0.4 is 5.32 Å². The molecule has 1 heterocycles. The Kier molecular flexibility index (Phi) is 4.54. The SMILES string of the molecule is CC1CC(N[C@H](CO)c2ccccc2)CCO1. The third-order valence-corrected chi connectivity index (χ3v) is 3.31. The summed E-state index contributed by atoms with van der Waals surface area (Å²) >= 11 is 0. The lowest BCUT2D eigenvalue weighted by Gasteiger charge is -2.31. The lowest BCUT2D eigenvalue weighted by molar-refractivity contribution is 0.00960. The molecule has 1 aromatic rings. The van der Waals surface area contributed by atoms with Gasteiger partial charge in [-0.05, 0) is 25.3 Å². The first-order chi connectivity index (χ1) is 8.29. The van der Waals surface area contributed by atoms with Gasteiger partial charge in [0.05, 0.1) is 18.8 Å². The summed E-state index contributed by atoms with van der Waals surface area (Å²) < 4.78 is 5.53. The molecule has 3 heteroatoms. The minimum atomic E-state index is 0.0338. The van der Waals surface area contributed by atoms with Crippen LogP contribution in [0.4, 0.5) is 0 Å². The van der Waals surface area contributed by atoms with Gasteiger partial charge in [-0.15, -0.1) is 0 Å². The van der Waals surface area contributed by atoms with Gasteiger partial charge in [0.25, 0.3) is 0 Å². The molecule has 0 saturated carbocycles. The molecule has 0 aliphatic carbocycles. The van der Waals surface area contributed by atoms with Gasteiger partial charge in [0.1, 0.15) is 0 Å². The van der Waals surface area contributed by atoms with E-state index >= 15 is 0 Å². The third-order valence-electron chi connectivity index (χ3n) is 3.31. The summed E-state index contributed by atoms with van der Waals surface area (Å²) in [5.74, 6) is 0. The molecule has 0 amide bonds. The average Bonchev–Trinajstić information content (AvgIpc) is 2.37. The average molecular weight is 235 g/mol. The van der Waals surface area contributed by atoms with Gasteiger partial charge in [-0.1, -0.05) is 30.3 Å². The van der Waals surface area contributed by atoms with Crippen molar-refractivity contribution < 1.29 is 9.84 Å². The van der Waals surface area contributed by atoms with E-state index in [9.17, 15) is 5.11 Å². The molecule has 3 atom stereocenters. The Balaban J connectivity index is 1.95. The first-order valence-corrected chi connectivity index (χ1v) is 6.33. The van der Waals surface area contributed by atoms with E-state index in [2.05, 4.69) is 24.4 Å². The molecular weight excluding hydrogens is 214 g/mol. The van der Waals surface area contributed by atoms with Crippen molar-refractivity contribution in [2.75, 3.05) is 13.2 Å². The molecule has 2 rings (SSSR count). The highest BCUT2D eigenvalue weighted by molar-refractivity contribution is 5.19. The maximum Gasteiger partial charge on any atom is 0.0626 e. The van der Waals surface area contributed by atoms with Gasteiger partial charge in [0, 0.05) is 12.6 Å². The number of hydrogen-bond donors (Lipinski definition) is 2. The molecule has 94 valence electrons. The van der Waals surface area contributed by atoms with Crippen LogP contribution in [-0.2, 0) is 4.74 Å². The van der Waals surface area contributed by atoms with Gasteiger partial charge in [0.15, 0.2) is 0 Å². The van der Waals surface area contributed by atoms with Crippen molar-refractivity contribution in [3.8, 4) is 0 Å². The maximum atomic E-state index is 9.48. The lowest BCUT2D eigenvalue weighted by atomic mass is 10.0. The highest BCUT2D eigenvalue weighted by Crippen LogP contribution is 2.18. The molecule has 2 unspecified atom stereocenters. The molecule has 3 nitrogen and oxygen atoms in total. The van der Waals surface area contributed by atoms with Gasteiger partial charge in [0.2, 0.25) is 0 Å². The van der Waals surface area contributed by atoms with Crippen molar-refractivity contribution in [3.05, 3.63) is 35.9 Å². The van der Waals surface area contributed by atoms with Gasteiger partial charge < -0.3 is 15.2 Å². The second-order valence-corrected chi connectivity index (χ2v) is 4.72. The zero-order chi connectivity index (χ0) is 12.1. The quantitative estimate of drug-likeness (QED) is 0.837. The van der Waals surface area contributed by atoms with Gasteiger partial charge in [-0.2, -0.15) is 0 Å². The smallest absolute Gasteiger partial charge is 0.0626 e. The topological polar surface area (TPSA) is 41.5 Å². The van der Waals surface area contributed by atoms with Crippen molar-refractivity contribution >= 4 is 0 Å². The zero-order valence-electron chi connectivity index (χ0n) is 10.3. The van der Waals surface area contributed by atoms with Gasteiger partial charge in [-0.25, -0.2) is 0 Å². The maximum absolute atomic E-state index is 9.48. The van der Waals surface area contributed by atoms with E-state index in [1.54, 1.807) is 0 Å². The summed E-state index contributed by atoms with van der Waals surface area (Å²) in [4.78, 5) is 0. The Morgan fingerprint density at radius 2 is 2.18 bits per heavy atom. The summed E-state index contributed by atoms with van der Waals surface area (Å²) in [7, 11) is 0. The first kappa shape index (κ1) is 12.6. The van der Waals surface area contributed by atoms with Crippen molar-refractivity contribution in [1.29, 1.82) is 0 Å². The fourth-order valence-corrected chi connectivity index (χ4v) is 2.37. The highest BCUT2D eigenvalue weighted by atomic mass is 16.5. The highest BCUT2D eigenvalue weighted by Gasteiger charge is 2.22. The van der Waals surface area contributed by atoms with Crippen molar-refractivity contribution in [3.63, 3.8) is 0 Å². The van der Waals surface area contributed by atoms with Crippen molar-refractivity contribution in [1.82, 2.24) is 5.32 Å². The predicted molar refractivity (Wildman–Crippen MR) is 67.8 cm³/mol. The zero-order valence-corrected chi connectivity index (χ0v) is 10.3. The summed E-state index contributed by atoms with van der Waals surface area (Å²) in [6.07, 6.45) is 2.35. The fourth-order valence-electron chi connectivity index (χ4n) is 2.37. The number of hydrogen-bond acceptors (Lipinski definition) is 3. The fraction of sp³-hybridized carbons (Fsp3) is 0.571. The van der Waals surface area contributed by atoms with Crippen LogP contribution in [0.25, 0.3) is 0 Å². The van der Waals surface area contributed by atoms with E-state index in [4.69, 9.17) is 4.74 Å². The summed E-state index contributed by atoms with van der Waals surface area (Å²) in [5.41, 5.74) is 1.15. The predicted octanol–water partition coefficient (Wildman–Crippen LogP) is 1.88. The number of rotatable bonds is 4. The Bertz CT molecular complexity index is 328. The lowest BCUT2D eigenvalue weighted by Crippen LogP contribution is -2.41. The van der Waals surface area contributed by atoms with Crippen LogP contribution in [0.3, 0.4) is 0 Å². The Morgan fingerprint density at radius 1 is 1.41 bits per heavy atom. The van der Waals surface area contributed by atoms with Gasteiger partial charge >= 0.3 is 0 Å². The van der Waals surface area contributed by atoms with E-state index < -0.39 is 0 Å². The Labute approximate surface area is 103 Å².